The Kier molecular flexibility index (Phi) is 3.85. The summed E-state index contributed by atoms with van der Waals surface area (Å²) in [4.78, 5) is 11.1. The van der Waals surface area contributed by atoms with Gasteiger partial charge in [0.1, 0.15) is 5.82 Å². The number of aromatic carboxylic acids is 1. The van der Waals surface area contributed by atoms with Gasteiger partial charge in [-0.2, -0.15) is 0 Å². The van der Waals surface area contributed by atoms with Crippen molar-refractivity contribution in [2.75, 3.05) is 5.32 Å². The lowest BCUT2D eigenvalue weighted by Gasteiger charge is -2.12. The largest absolute Gasteiger partial charge is 0.478 e. The fourth-order valence-electron chi connectivity index (χ4n) is 1.69. The molecule has 2 N–H and O–H groups in total. The molecule has 0 heterocycles. The van der Waals surface area contributed by atoms with Gasteiger partial charge in [-0.3, -0.25) is 0 Å². The Hall–Kier alpha value is -1.88. The van der Waals surface area contributed by atoms with Gasteiger partial charge in [0.2, 0.25) is 0 Å². The van der Waals surface area contributed by atoms with Crippen molar-refractivity contribution in [1.29, 1.82) is 0 Å². The zero-order chi connectivity index (χ0) is 14.0. The number of halogens is 2. The first-order valence-electron chi connectivity index (χ1n) is 5.54. The normalized spacial score (nSPS) is 10.3. The first kappa shape index (κ1) is 13.5. The zero-order valence-corrected chi connectivity index (χ0v) is 11.7. The van der Waals surface area contributed by atoms with E-state index in [1.807, 2.05) is 19.1 Å². The van der Waals surface area contributed by atoms with Gasteiger partial charge in [-0.25, -0.2) is 9.18 Å². The van der Waals surface area contributed by atoms with Crippen molar-refractivity contribution < 1.29 is 14.3 Å². The Morgan fingerprint density at radius 3 is 2.68 bits per heavy atom. The molecule has 0 saturated carbocycles. The fraction of sp³-hybridized carbons (Fsp3) is 0.0714. The molecule has 0 unspecified atom stereocenters. The van der Waals surface area contributed by atoms with Gasteiger partial charge in [0.05, 0.1) is 16.9 Å². The minimum Gasteiger partial charge on any atom is -0.478 e. The smallest absolute Gasteiger partial charge is 0.337 e. The molecule has 2 aromatic rings. The minimum absolute atomic E-state index is 0.0421. The lowest BCUT2D eigenvalue weighted by atomic mass is 10.1. The monoisotopic (exact) mass is 323 g/mol. The first-order valence-corrected chi connectivity index (χ1v) is 6.33. The third-order valence-electron chi connectivity index (χ3n) is 2.63. The Labute approximate surface area is 118 Å². The Balaban J connectivity index is 2.46. The maximum absolute atomic E-state index is 13.8. The minimum atomic E-state index is -1.18. The summed E-state index contributed by atoms with van der Waals surface area (Å²) in [5.41, 5.74) is 1.51. The molecule has 0 aromatic heterocycles. The quantitative estimate of drug-likeness (QED) is 0.883. The van der Waals surface area contributed by atoms with Gasteiger partial charge in [-0.15, -0.1) is 0 Å². The zero-order valence-electron chi connectivity index (χ0n) is 10.1. The highest BCUT2D eigenvalue weighted by atomic mass is 79.9. The van der Waals surface area contributed by atoms with Gasteiger partial charge in [0, 0.05) is 4.47 Å². The molecule has 5 heteroatoms. The average Bonchev–Trinajstić information content (AvgIpc) is 2.34. The Bertz CT molecular complexity index is 643. The number of benzene rings is 2. The molecule has 0 atom stereocenters. The summed E-state index contributed by atoms with van der Waals surface area (Å²) >= 11 is 3.36. The molecule has 2 rings (SSSR count). The molecule has 0 spiro atoms. The van der Waals surface area contributed by atoms with Crippen LogP contribution in [0.1, 0.15) is 15.9 Å². The molecule has 0 bridgehead atoms. The van der Waals surface area contributed by atoms with Crippen molar-refractivity contribution in [2.45, 2.75) is 6.92 Å². The van der Waals surface area contributed by atoms with E-state index in [0.717, 1.165) is 10.0 Å². The van der Waals surface area contributed by atoms with Gasteiger partial charge in [0.25, 0.3) is 0 Å². The predicted octanol–water partition coefficient (Wildman–Crippen LogP) is 4.34. The molecule has 3 nitrogen and oxygen atoms in total. The lowest BCUT2D eigenvalue weighted by molar-refractivity contribution is 0.0697. The fourth-order valence-corrected chi connectivity index (χ4v) is 2.28. The highest BCUT2D eigenvalue weighted by Gasteiger charge is 2.15. The van der Waals surface area contributed by atoms with Crippen LogP contribution in [0.5, 0.6) is 0 Å². The molecular weight excluding hydrogens is 313 g/mol. The van der Waals surface area contributed by atoms with E-state index in [1.54, 1.807) is 6.07 Å². The van der Waals surface area contributed by atoms with E-state index in [1.165, 1.54) is 18.2 Å². The van der Waals surface area contributed by atoms with Crippen molar-refractivity contribution >= 4 is 33.3 Å². The van der Waals surface area contributed by atoms with E-state index in [-0.39, 0.29) is 11.3 Å². The third-order valence-corrected chi connectivity index (χ3v) is 3.28. The van der Waals surface area contributed by atoms with Crippen LogP contribution in [0.15, 0.2) is 40.9 Å². The second-order valence-electron chi connectivity index (χ2n) is 4.08. The highest BCUT2D eigenvalue weighted by molar-refractivity contribution is 9.10. The number of nitrogens with one attached hydrogen (secondary N) is 1. The van der Waals surface area contributed by atoms with Crippen molar-refractivity contribution in [3.63, 3.8) is 0 Å². The Morgan fingerprint density at radius 2 is 2.05 bits per heavy atom. The van der Waals surface area contributed by atoms with Crippen molar-refractivity contribution in [3.05, 3.63) is 57.8 Å². The van der Waals surface area contributed by atoms with Gasteiger partial charge >= 0.3 is 5.97 Å². The van der Waals surface area contributed by atoms with Crippen LogP contribution in [0.4, 0.5) is 15.8 Å². The molecular formula is C14H11BrFNO2. The van der Waals surface area contributed by atoms with Crippen LogP contribution >= 0.6 is 15.9 Å². The molecule has 0 aliphatic rings. The van der Waals surface area contributed by atoms with Crippen LogP contribution < -0.4 is 5.32 Å². The van der Waals surface area contributed by atoms with Gasteiger partial charge in [-0.05, 0) is 52.7 Å². The summed E-state index contributed by atoms with van der Waals surface area (Å²) in [6.45, 7) is 1.93. The van der Waals surface area contributed by atoms with E-state index in [0.29, 0.717) is 5.69 Å². The molecule has 0 aliphatic heterocycles. The molecule has 0 radical (unpaired) electrons. The van der Waals surface area contributed by atoms with E-state index in [2.05, 4.69) is 21.2 Å². The molecule has 19 heavy (non-hydrogen) atoms. The van der Waals surface area contributed by atoms with Gasteiger partial charge < -0.3 is 10.4 Å². The molecule has 0 amide bonds. The number of carbonyl (C=O) groups is 1. The second kappa shape index (κ2) is 5.40. The number of hydrogen-bond donors (Lipinski definition) is 2. The second-order valence-corrected chi connectivity index (χ2v) is 4.93. The van der Waals surface area contributed by atoms with Crippen molar-refractivity contribution in [2.24, 2.45) is 0 Å². The SMILES string of the molecule is Cc1ccc(Nc2c(F)cccc2C(=O)O)c(Br)c1. The van der Waals surface area contributed by atoms with Crippen LogP contribution in [0.25, 0.3) is 0 Å². The number of rotatable bonds is 3. The summed E-state index contributed by atoms with van der Waals surface area (Å²) in [7, 11) is 0. The molecule has 98 valence electrons. The standard InChI is InChI=1S/C14H11BrFNO2/c1-8-5-6-12(10(15)7-8)17-13-9(14(18)19)3-2-4-11(13)16/h2-7,17H,1H3,(H,18,19). The number of hydrogen-bond acceptors (Lipinski definition) is 2. The van der Waals surface area contributed by atoms with Crippen LogP contribution in [0.2, 0.25) is 0 Å². The number of carboxylic acid groups (broad SMARTS) is 1. The summed E-state index contributed by atoms with van der Waals surface area (Å²) in [6.07, 6.45) is 0. The van der Waals surface area contributed by atoms with Crippen LogP contribution in [-0.4, -0.2) is 11.1 Å². The van der Waals surface area contributed by atoms with Gasteiger partial charge in [-0.1, -0.05) is 12.1 Å². The van der Waals surface area contributed by atoms with E-state index in [9.17, 15) is 9.18 Å². The lowest BCUT2D eigenvalue weighted by Crippen LogP contribution is -2.05. The van der Waals surface area contributed by atoms with Crippen LogP contribution in [-0.2, 0) is 0 Å². The van der Waals surface area contributed by atoms with E-state index in [4.69, 9.17) is 5.11 Å². The maximum Gasteiger partial charge on any atom is 0.337 e. The number of aryl methyl sites for hydroxylation is 1. The summed E-state index contributed by atoms with van der Waals surface area (Å²) in [6, 6.07) is 9.43. The first-order chi connectivity index (χ1) is 8.99. The molecule has 2 aromatic carbocycles. The van der Waals surface area contributed by atoms with Crippen LogP contribution in [0, 0.1) is 12.7 Å². The van der Waals surface area contributed by atoms with E-state index < -0.39 is 11.8 Å². The maximum atomic E-state index is 13.8. The number of anilines is 2. The highest BCUT2D eigenvalue weighted by Crippen LogP contribution is 2.30. The molecule has 0 saturated heterocycles. The number of carboxylic acids is 1. The summed E-state index contributed by atoms with van der Waals surface area (Å²) < 4.78 is 14.5. The predicted molar refractivity (Wildman–Crippen MR) is 75.5 cm³/mol. The average molecular weight is 324 g/mol. The van der Waals surface area contributed by atoms with Crippen molar-refractivity contribution in [1.82, 2.24) is 0 Å². The number of para-hydroxylation sites is 1. The molecule has 0 fully saturated rings. The molecule has 0 aliphatic carbocycles. The van der Waals surface area contributed by atoms with Gasteiger partial charge in [0.15, 0.2) is 0 Å². The Morgan fingerprint density at radius 1 is 1.32 bits per heavy atom. The third kappa shape index (κ3) is 2.93. The van der Waals surface area contributed by atoms with E-state index >= 15 is 0 Å². The summed E-state index contributed by atoms with van der Waals surface area (Å²) in [5, 5.41) is 11.9. The topological polar surface area (TPSA) is 49.3 Å². The van der Waals surface area contributed by atoms with Crippen LogP contribution in [0.3, 0.4) is 0 Å². The van der Waals surface area contributed by atoms with Crippen molar-refractivity contribution in [3.8, 4) is 0 Å². The summed E-state index contributed by atoms with van der Waals surface area (Å²) in [5.74, 6) is -1.78.